The van der Waals surface area contributed by atoms with Crippen molar-refractivity contribution >= 4 is 12.4 Å². The molecule has 6 heteroatoms. The van der Waals surface area contributed by atoms with Crippen LogP contribution in [0.4, 0.5) is 13.2 Å². The summed E-state index contributed by atoms with van der Waals surface area (Å²) < 4.78 is 40.4. The lowest BCUT2D eigenvalue weighted by atomic mass is 9.77. The van der Waals surface area contributed by atoms with Crippen molar-refractivity contribution in [3.63, 3.8) is 0 Å². The van der Waals surface area contributed by atoms with Crippen LogP contribution in [0, 0.1) is 5.92 Å². The molecule has 0 spiro atoms. The molecule has 3 nitrogen and oxygen atoms in total. The number of nitrogens with zero attached hydrogens (tertiary/aromatic N) is 2. The predicted molar refractivity (Wildman–Crippen MR) is 119 cm³/mol. The van der Waals surface area contributed by atoms with Crippen LogP contribution in [-0.2, 0) is 0 Å². The van der Waals surface area contributed by atoms with E-state index in [-0.39, 0.29) is 5.75 Å². The van der Waals surface area contributed by atoms with Gasteiger partial charge < -0.3 is 4.74 Å². The Hall–Kier alpha value is -2.63. The quantitative estimate of drug-likeness (QED) is 0.315. The highest BCUT2D eigenvalue weighted by Crippen LogP contribution is 2.37. The predicted octanol–water partition coefficient (Wildman–Crippen LogP) is 7.50. The van der Waals surface area contributed by atoms with Crippen LogP contribution in [-0.4, -0.2) is 18.8 Å². The standard InChI is InChI=1S/C25H29F3N2O/c1-2-3-4-19-5-11-22(12-6-19)23-13-7-20(8-14-23)17-29-30-18-21-9-15-24(16-10-21)31-25(26,27)28/h7-10,13-19,22H,2-6,11-12H2,1H3/b29-17+,30-18+. The Morgan fingerprint density at radius 3 is 1.94 bits per heavy atom. The van der Waals surface area contributed by atoms with Gasteiger partial charge in [-0.1, -0.05) is 50.5 Å². The van der Waals surface area contributed by atoms with Crippen molar-refractivity contribution in [2.45, 2.75) is 64.1 Å². The van der Waals surface area contributed by atoms with E-state index in [4.69, 9.17) is 0 Å². The van der Waals surface area contributed by atoms with Gasteiger partial charge in [-0.15, -0.1) is 13.2 Å². The summed E-state index contributed by atoms with van der Waals surface area (Å²) in [4.78, 5) is 0. The van der Waals surface area contributed by atoms with Crippen LogP contribution in [0.2, 0.25) is 0 Å². The number of hydrogen-bond donors (Lipinski definition) is 0. The number of hydrogen-bond acceptors (Lipinski definition) is 3. The van der Waals surface area contributed by atoms with E-state index >= 15 is 0 Å². The van der Waals surface area contributed by atoms with E-state index in [0.717, 1.165) is 11.5 Å². The van der Waals surface area contributed by atoms with Crippen LogP contribution in [0.25, 0.3) is 0 Å². The van der Waals surface area contributed by atoms with Gasteiger partial charge >= 0.3 is 6.36 Å². The molecule has 0 bridgehead atoms. The maximum atomic E-state index is 12.2. The molecule has 0 radical (unpaired) electrons. The molecule has 2 aromatic carbocycles. The lowest BCUT2D eigenvalue weighted by molar-refractivity contribution is -0.274. The van der Waals surface area contributed by atoms with Crippen LogP contribution in [0.5, 0.6) is 5.75 Å². The highest BCUT2D eigenvalue weighted by Gasteiger charge is 2.30. The minimum absolute atomic E-state index is 0.261. The number of benzene rings is 2. The first-order chi connectivity index (χ1) is 14.9. The fourth-order valence-corrected chi connectivity index (χ4v) is 4.09. The summed E-state index contributed by atoms with van der Waals surface area (Å²) in [6, 6.07) is 13.9. The molecule has 0 aliphatic heterocycles. The molecule has 0 atom stereocenters. The number of unbranched alkanes of at least 4 members (excludes halogenated alkanes) is 1. The van der Waals surface area contributed by atoms with Crippen molar-refractivity contribution in [2.24, 2.45) is 16.1 Å². The molecule has 3 rings (SSSR count). The lowest BCUT2D eigenvalue weighted by Gasteiger charge is -2.28. The van der Waals surface area contributed by atoms with E-state index in [2.05, 4.69) is 46.1 Å². The Kier molecular flexibility index (Phi) is 8.27. The zero-order chi connectivity index (χ0) is 22.1. The molecule has 1 fully saturated rings. The average molecular weight is 431 g/mol. The normalized spacial score (nSPS) is 19.9. The monoisotopic (exact) mass is 430 g/mol. The van der Waals surface area contributed by atoms with Crippen LogP contribution in [0.1, 0.15) is 74.5 Å². The largest absolute Gasteiger partial charge is 0.573 e. The molecule has 0 heterocycles. The summed E-state index contributed by atoms with van der Waals surface area (Å²) in [5, 5.41) is 8.00. The van der Waals surface area contributed by atoms with Crippen LogP contribution >= 0.6 is 0 Å². The maximum absolute atomic E-state index is 12.2. The van der Waals surface area contributed by atoms with Gasteiger partial charge in [-0.2, -0.15) is 10.2 Å². The smallest absolute Gasteiger partial charge is 0.406 e. The average Bonchev–Trinajstić information content (AvgIpc) is 2.76. The van der Waals surface area contributed by atoms with E-state index < -0.39 is 6.36 Å². The first-order valence-corrected chi connectivity index (χ1v) is 10.9. The van der Waals surface area contributed by atoms with E-state index in [1.807, 2.05) is 0 Å². The fourth-order valence-electron chi connectivity index (χ4n) is 4.09. The van der Waals surface area contributed by atoms with Crippen molar-refractivity contribution < 1.29 is 17.9 Å². The molecule has 1 aliphatic rings. The molecule has 0 N–H and O–H groups in total. The van der Waals surface area contributed by atoms with E-state index in [9.17, 15) is 13.2 Å². The van der Waals surface area contributed by atoms with Crippen molar-refractivity contribution in [1.82, 2.24) is 0 Å². The molecule has 1 aliphatic carbocycles. The van der Waals surface area contributed by atoms with Gasteiger partial charge in [-0.3, -0.25) is 0 Å². The summed E-state index contributed by atoms with van der Waals surface area (Å²) in [5.41, 5.74) is 3.00. The van der Waals surface area contributed by atoms with Gasteiger partial charge in [-0.05, 0) is 78.5 Å². The SMILES string of the molecule is CCCCC1CCC(c2ccc(/C=N/N=C/c3ccc(OC(F)(F)F)cc3)cc2)CC1. The summed E-state index contributed by atoms with van der Waals surface area (Å²) in [5.74, 6) is 1.31. The third kappa shape index (κ3) is 7.85. The van der Waals surface area contributed by atoms with Gasteiger partial charge in [0.2, 0.25) is 0 Å². The van der Waals surface area contributed by atoms with Crippen molar-refractivity contribution in [3.05, 3.63) is 65.2 Å². The fraction of sp³-hybridized carbons (Fsp3) is 0.440. The maximum Gasteiger partial charge on any atom is 0.573 e. The minimum Gasteiger partial charge on any atom is -0.406 e. The van der Waals surface area contributed by atoms with Gasteiger partial charge in [0.25, 0.3) is 0 Å². The molecule has 166 valence electrons. The second-order valence-electron chi connectivity index (χ2n) is 8.13. The molecule has 1 saturated carbocycles. The molecule has 31 heavy (non-hydrogen) atoms. The van der Waals surface area contributed by atoms with Gasteiger partial charge in [0.1, 0.15) is 5.75 Å². The van der Waals surface area contributed by atoms with Crippen LogP contribution in [0.15, 0.2) is 58.7 Å². The summed E-state index contributed by atoms with van der Waals surface area (Å²) in [6.07, 6.45) is 7.71. The first kappa shape index (κ1) is 23.0. The zero-order valence-electron chi connectivity index (χ0n) is 17.8. The van der Waals surface area contributed by atoms with E-state index in [1.54, 1.807) is 6.21 Å². The molecular weight excluding hydrogens is 401 g/mol. The third-order valence-corrected chi connectivity index (χ3v) is 5.81. The summed E-state index contributed by atoms with van der Waals surface area (Å²) >= 11 is 0. The van der Waals surface area contributed by atoms with E-state index in [1.165, 1.54) is 81.0 Å². The van der Waals surface area contributed by atoms with Gasteiger partial charge in [0.05, 0.1) is 12.4 Å². The number of alkyl halides is 3. The lowest BCUT2D eigenvalue weighted by Crippen LogP contribution is -2.16. The number of rotatable bonds is 8. The Bertz CT molecular complexity index is 850. The number of halogens is 3. The second-order valence-corrected chi connectivity index (χ2v) is 8.13. The Balaban J connectivity index is 1.47. The summed E-state index contributed by atoms with van der Waals surface area (Å²) in [6.45, 7) is 2.26. The van der Waals surface area contributed by atoms with Crippen LogP contribution < -0.4 is 4.74 Å². The Labute approximate surface area is 182 Å². The minimum atomic E-state index is -4.69. The van der Waals surface area contributed by atoms with Crippen LogP contribution in [0.3, 0.4) is 0 Å². The van der Waals surface area contributed by atoms with Crippen molar-refractivity contribution in [2.75, 3.05) is 0 Å². The molecular formula is C25H29F3N2O. The molecule has 0 amide bonds. The Morgan fingerprint density at radius 1 is 0.871 bits per heavy atom. The highest BCUT2D eigenvalue weighted by atomic mass is 19.4. The first-order valence-electron chi connectivity index (χ1n) is 10.9. The molecule has 0 saturated heterocycles. The number of ether oxygens (including phenoxy) is 1. The zero-order valence-corrected chi connectivity index (χ0v) is 17.8. The highest BCUT2D eigenvalue weighted by molar-refractivity contribution is 5.82. The third-order valence-electron chi connectivity index (χ3n) is 5.81. The Morgan fingerprint density at radius 2 is 1.42 bits per heavy atom. The molecule has 2 aromatic rings. The summed E-state index contributed by atoms with van der Waals surface area (Å²) in [7, 11) is 0. The van der Waals surface area contributed by atoms with Gasteiger partial charge in [0, 0.05) is 0 Å². The van der Waals surface area contributed by atoms with Gasteiger partial charge in [-0.25, -0.2) is 0 Å². The van der Waals surface area contributed by atoms with Gasteiger partial charge in [0.15, 0.2) is 0 Å². The van der Waals surface area contributed by atoms with Crippen molar-refractivity contribution in [3.8, 4) is 5.75 Å². The molecule has 0 unspecified atom stereocenters. The topological polar surface area (TPSA) is 34.0 Å². The van der Waals surface area contributed by atoms with E-state index in [0.29, 0.717) is 11.5 Å². The second kappa shape index (κ2) is 11.1. The van der Waals surface area contributed by atoms with Crippen molar-refractivity contribution in [1.29, 1.82) is 0 Å². The molecule has 0 aromatic heterocycles.